The SMILES string of the molecule is COc1ccc(N(Cc2ccc(C(C)C)cc2)Cc2nc(C)no2)cc1. The molecule has 1 aromatic heterocycles. The average molecular weight is 351 g/mol. The van der Waals surface area contributed by atoms with Gasteiger partial charge in [-0.05, 0) is 48.2 Å². The van der Waals surface area contributed by atoms with Crippen LogP contribution in [0, 0.1) is 6.92 Å². The minimum atomic E-state index is 0.531. The van der Waals surface area contributed by atoms with Gasteiger partial charge in [0.05, 0.1) is 13.7 Å². The maximum Gasteiger partial charge on any atom is 0.246 e. The average Bonchev–Trinajstić information content (AvgIpc) is 3.06. The summed E-state index contributed by atoms with van der Waals surface area (Å²) in [5, 5.41) is 3.90. The van der Waals surface area contributed by atoms with Gasteiger partial charge >= 0.3 is 0 Å². The largest absolute Gasteiger partial charge is 0.497 e. The molecule has 2 aromatic carbocycles. The number of methoxy groups -OCH3 is 1. The molecule has 0 spiro atoms. The first-order valence-electron chi connectivity index (χ1n) is 8.82. The van der Waals surface area contributed by atoms with Gasteiger partial charge in [0.1, 0.15) is 5.75 Å². The highest BCUT2D eigenvalue weighted by Crippen LogP contribution is 2.24. The third-order valence-corrected chi connectivity index (χ3v) is 4.35. The molecule has 3 aromatic rings. The van der Waals surface area contributed by atoms with Crippen LogP contribution in [0.2, 0.25) is 0 Å². The van der Waals surface area contributed by atoms with Crippen molar-refractivity contribution in [3.63, 3.8) is 0 Å². The van der Waals surface area contributed by atoms with Crippen molar-refractivity contribution in [3.8, 4) is 5.75 Å². The van der Waals surface area contributed by atoms with E-state index in [2.05, 4.69) is 53.2 Å². The van der Waals surface area contributed by atoms with Crippen molar-refractivity contribution < 1.29 is 9.26 Å². The first kappa shape index (κ1) is 18.0. The highest BCUT2D eigenvalue weighted by molar-refractivity contribution is 5.49. The summed E-state index contributed by atoms with van der Waals surface area (Å²) in [5.74, 6) is 2.62. The molecule has 0 atom stereocenters. The van der Waals surface area contributed by atoms with Gasteiger partial charge in [0.15, 0.2) is 5.82 Å². The molecule has 5 nitrogen and oxygen atoms in total. The maximum atomic E-state index is 5.32. The van der Waals surface area contributed by atoms with Crippen LogP contribution in [0.3, 0.4) is 0 Å². The maximum absolute atomic E-state index is 5.32. The lowest BCUT2D eigenvalue weighted by atomic mass is 10.0. The fourth-order valence-electron chi connectivity index (χ4n) is 2.83. The van der Waals surface area contributed by atoms with E-state index < -0.39 is 0 Å². The van der Waals surface area contributed by atoms with E-state index in [1.807, 2.05) is 31.2 Å². The van der Waals surface area contributed by atoms with Crippen molar-refractivity contribution in [2.24, 2.45) is 0 Å². The number of aromatic nitrogens is 2. The first-order chi connectivity index (χ1) is 12.5. The predicted molar refractivity (Wildman–Crippen MR) is 102 cm³/mol. The molecule has 0 aliphatic heterocycles. The number of nitrogens with zero attached hydrogens (tertiary/aromatic N) is 3. The molecule has 0 amide bonds. The second-order valence-electron chi connectivity index (χ2n) is 6.69. The molecule has 1 heterocycles. The molecular formula is C21H25N3O2. The number of hydrogen-bond acceptors (Lipinski definition) is 5. The van der Waals surface area contributed by atoms with Crippen molar-refractivity contribution in [3.05, 3.63) is 71.4 Å². The van der Waals surface area contributed by atoms with E-state index in [-0.39, 0.29) is 0 Å². The molecule has 0 saturated heterocycles. The van der Waals surface area contributed by atoms with Crippen LogP contribution in [-0.2, 0) is 13.1 Å². The van der Waals surface area contributed by atoms with Gasteiger partial charge in [-0.1, -0.05) is 43.3 Å². The number of ether oxygens (including phenoxy) is 1. The van der Waals surface area contributed by atoms with Crippen LogP contribution in [0.25, 0.3) is 0 Å². The summed E-state index contributed by atoms with van der Waals surface area (Å²) in [6.07, 6.45) is 0. The summed E-state index contributed by atoms with van der Waals surface area (Å²) in [7, 11) is 1.67. The first-order valence-corrected chi connectivity index (χ1v) is 8.82. The van der Waals surface area contributed by atoms with E-state index in [0.29, 0.717) is 24.2 Å². The van der Waals surface area contributed by atoms with Crippen molar-refractivity contribution in [1.82, 2.24) is 10.1 Å². The fraction of sp³-hybridized carbons (Fsp3) is 0.333. The smallest absolute Gasteiger partial charge is 0.246 e. The Morgan fingerprint density at radius 1 is 1.00 bits per heavy atom. The summed E-state index contributed by atoms with van der Waals surface area (Å²) >= 11 is 0. The number of aryl methyl sites for hydroxylation is 1. The molecule has 5 heteroatoms. The number of anilines is 1. The number of benzene rings is 2. The Kier molecular flexibility index (Phi) is 5.56. The van der Waals surface area contributed by atoms with Gasteiger partial charge in [0.25, 0.3) is 0 Å². The molecule has 0 saturated carbocycles. The Hall–Kier alpha value is -2.82. The Bertz CT molecular complexity index is 823. The van der Waals surface area contributed by atoms with Crippen molar-refractivity contribution in [2.45, 2.75) is 39.8 Å². The van der Waals surface area contributed by atoms with E-state index in [4.69, 9.17) is 9.26 Å². The molecular weight excluding hydrogens is 326 g/mol. The van der Waals surface area contributed by atoms with Crippen LogP contribution in [0.5, 0.6) is 5.75 Å². The Labute approximate surface area is 154 Å². The van der Waals surface area contributed by atoms with Crippen LogP contribution >= 0.6 is 0 Å². The van der Waals surface area contributed by atoms with E-state index in [1.54, 1.807) is 7.11 Å². The van der Waals surface area contributed by atoms with E-state index in [0.717, 1.165) is 18.0 Å². The number of rotatable bonds is 7. The van der Waals surface area contributed by atoms with Crippen LogP contribution in [0.15, 0.2) is 53.1 Å². The summed E-state index contributed by atoms with van der Waals surface area (Å²) in [5.41, 5.74) is 3.66. The van der Waals surface area contributed by atoms with Crippen molar-refractivity contribution >= 4 is 5.69 Å². The molecule has 0 radical (unpaired) electrons. The minimum Gasteiger partial charge on any atom is -0.497 e. The van der Waals surface area contributed by atoms with Gasteiger partial charge in [0, 0.05) is 12.2 Å². The second-order valence-corrected chi connectivity index (χ2v) is 6.69. The van der Waals surface area contributed by atoms with Crippen LogP contribution in [0.1, 0.15) is 42.6 Å². The van der Waals surface area contributed by atoms with Gasteiger partial charge in [-0.3, -0.25) is 0 Å². The standard InChI is InChI=1S/C21H25N3O2/c1-15(2)18-7-5-17(6-8-18)13-24(14-21-22-16(3)23-26-21)19-9-11-20(25-4)12-10-19/h5-12,15H,13-14H2,1-4H3. The zero-order valence-corrected chi connectivity index (χ0v) is 15.8. The Morgan fingerprint density at radius 3 is 2.23 bits per heavy atom. The lowest BCUT2D eigenvalue weighted by molar-refractivity contribution is 0.372. The van der Waals surface area contributed by atoms with E-state index in [1.165, 1.54) is 11.1 Å². The third kappa shape index (κ3) is 4.42. The fourth-order valence-corrected chi connectivity index (χ4v) is 2.83. The van der Waals surface area contributed by atoms with E-state index in [9.17, 15) is 0 Å². The van der Waals surface area contributed by atoms with Crippen LogP contribution in [-0.4, -0.2) is 17.3 Å². The van der Waals surface area contributed by atoms with Gasteiger partial charge < -0.3 is 14.2 Å². The number of hydrogen-bond donors (Lipinski definition) is 0. The summed E-state index contributed by atoms with van der Waals surface area (Å²) in [6, 6.07) is 16.8. The summed E-state index contributed by atoms with van der Waals surface area (Å²) in [4.78, 5) is 6.56. The Balaban J connectivity index is 1.83. The van der Waals surface area contributed by atoms with Crippen molar-refractivity contribution in [2.75, 3.05) is 12.0 Å². The molecule has 0 N–H and O–H groups in total. The van der Waals surface area contributed by atoms with Crippen LogP contribution in [0.4, 0.5) is 5.69 Å². The minimum absolute atomic E-state index is 0.531. The monoisotopic (exact) mass is 351 g/mol. The third-order valence-electron chi connectivity index (χ3n) is 4.35. The van der Waals surface area contributed by atoms with Gasteiger partial charge in [-0.15, -0.1) is 0 Å². The molecule has 0 unspecified atom stereocenters. The van der Waals surface area contributed by atoms with Crippen molar-refractivity contribution in [1.29, 1.82) is 0 Å². The molecule has 0 aliphatic carbocycles. The predicted octanol–water partition coefficient (Wildman–Crippen LogP) is 4.72. The molecule has 0 bridgehead atoms. The lowest BCUT2D eigenvalue weighted by Crippen LogP contribution is -2.22. The molecule has 3 rings (SSSR count). The summed E-state index contributed by atoms with van der Waals surface area (Å²) in [6.45, 7) is 7.55. The normalized spacial score (nSPS) is 11.0. The highest BCUT2D eigenvalue weighted by Gasteiger charge is 2.13. The quantitative estimate of drug-likeness (QED) is 0.617. The van der Waals surface area contributed by atoms with Gasteiger partial charge in [-0.25, -0.2) is 0 Å². The van der Waals surface area contributed by atoms with Gasteiger partial charge in [0.2, 0.25) is 5.89 Å². The Morgan fingerprint density at radius 2 is 1.69 bits per heavy atom. The lowest BCUT2D eigenvalue weighted by Gasteiger charge is -2.24. The van der Waals surface area contributed by atoms with Crippen LogP contribution < -0.4 is 9.64 Å². The zero-order valence-electron chi connectivity index (χ0n) is 15.8. The topological polar surface area (TPSA) is 51.4 Å². The molecule has 136 valence electrons. The summed E-state index contributed by atoms with van der Waals surface area (Å²) < 4.78 is 10.6. The molecule has 0 aliphatic rings. The van der Waals surface area contributed by atoms with Gasteiger partial charge in [-0.2, -0.15) is 4.98 Å². The highest BCUT2D eigenvalue weighted by atomic mass is 16.5. The second kappa shape index (κ2) is 8.04. The van der Waals surface area contributed by atoms with E-state index >= 15 is 0 Å². The molecule has 0 fully saturated rings. The molecule has 26 heavy (non-hydrogen) atoms. The zero-order chi connectivity index (χ0) is 18.5.